The van der Waals surface area contributed by atoms with Crippen molar-refractivity contribution in [1.29, 1.82) is 0 Å². The van der Waals surface area contributed by atoms with Crippen molar-refractivity contribution in [1.82, 2.24) is 0 Å². The van der Waals surface area contributed by atoms with E-state index in [1.807, 2.05) is 6.92 Å². The second-order valence-corrected chi connectivity index (χ2v) is 12.5. The number of aliphatic hydroxyl groups excluding tert-OH is 1. The summed E-state index contributed by atoms with van der Waals surface area (Å²) in [5.74, 6) is 1.63. The van der Waals surface area contributed by atoms with Crippen LogP contribution in [0.3, 0.4) is 0 Å². The van der Waals surface area contributed by atoms with Gasteiger partial charge in [-0.1, -0.05) is 88.5 Å². The van der Waals surface area contributed by atoms with Gasteiger partial charge in [-0.05, 0) is 61.2 Å². The van der Waals surface area contributed by atoms with Crippen LogP contribution in [0.5, 0.6) is 0 Å². The van der Waals surface area contributed by atoms with Crippen molar-refractivity contribution in [2.75, 3.05) is 7.11 Å². The summed E-state index contributed by atoms with van der Waals surface area (Å²) in [5, 5.41) is 21.3. The molecule has 0 radical (unpaired) electrons. The van der Waals surface area contributed by atoms with Gasteiger partial charge in [0.2, 0.25) is 0 Å². The van der Waals surface area contributed by atoms with E-state index in [4.69, 9.17) is 9.47 Å². The molecule has 204 valence electrons. The summed E-state index contributed by atoms with van der Waals surface area (Å²) in [7, 11) is 1.34. The number of allylic oxidation sites excluding steroid dienone is 4. The van der Waals surface area contributed by atoms with Gasteiger partial charge in [-0.3, -0.25) is 0 Å². The fourth-order valence-electron chi connectivity index (χ4n) is 8.35. The molecule has 37 heavy (non-hydrogen) atoms. The highest BCUT2D eigenvalue weighted by atomic mass is 16.7. The Balaban J connectivity index is 1.58. The predicted octanol–water partition coefficient (Wildman–Crippen LogP) is 6.54. The third-order valence-electron chi connectivity index (χ3n) is 10.8. The van der Waals surface area contributed by atoms with Crippen LogP contribution in [0.1, 0.15) is 66.2 Å². The number of fused-ring (bicyclic) bond motifs is 5. The van der Waals surface area contributed by atoms with E-state index in [1.54, 1.807) is 12.2 Å². The summed E-state index contributed by atoms with van der Waals surface area (Å²) in [5.41, 5.74) is 1.46. The van der Waals surface area contributed by atoms with Crippen LogP contribution in [0.25, 0.3) is 0 Å². The maximum Gasteiger partial charge on any atom is 0.508 e. The summed E-state index contributed by atoms with van der Waals surface area (Å²) in [4.78, 5) is 12.1. The van der Waals surface area contributed by atoms with Crippen LogP contribution in [-0.4, -0.2) is 41.3 Å². The minimum Gasteiger partial charge on any atom is -0.438 e. The van der Waals surface area contributed by atoms with Gasteiger partial charge < -0.3 is 19.7 Å². The average molecular weight is 511 g/mol. The van der Waals surface area contributed by atoms with Crippen molar-refractivity contribution in [2.45, 2.75) is 84.0 Å². The van der Waals surface area contributed by atoms with Crippen molar-refractivity contribution in [3.63, 3.8) is 0 Å². The lowest BCUT2D eigenvalue weighted by Gasteiger charge is -2.56. The molecule has 0 aromatic carbocycles. The van der Waals surface area contributed by atoms with E-state index in [2.05, 4.69) is 58.2 Å². The maximum absolute atomic E-state index is 12.1. The highest BCUT2D eigenvalue weighted by molar-refractivity contribution is 5.60. The molecule has 0 saturated heterocycles. The van der Waals surface area contributed by atoms with Gasteiger partial charge >= 0.3 is 6.16 Å². The van der Waals surface area contributed by atoms with Crippen LogP contribution in [0.4, 0.5) is 4.79 Å². The average Bonchev–Trinajstić information content (AvgIpc) is 3.24. The Kier molecular flexibility index (Phi) is 7.71. The second-order valence-electron chi connectivity index (χ2n) is 12.5. The van der Waals surface area contributed by atoms with Crippen LogP contribution >= 0.6 is 0 Å². The van der Waals surface area contributed by atoms with Crippen LogP contribution < -0.4 is 0 Å². The number of ether oxygens (including phenoxy) is 2. The zero-order valence-electron chi connectivity index (χ0n) is 23.3. The van der Waals surface area contributed by atoms with Gasteiger partial charge in [-0.2, -0.15) is 0 Å². The zero-order valence-corrected chi connectivity index (χ0v) is 23.3. The van der Waals surface area contributed by atoms with Crippen molar-refractivity contribution in [3.05, 3.63) is 60.8 Å². The minimum absolute atomic E-state index is 0.0938. The third-order valence-corrected chi connectivity index (χ3v) is 10.8. The van der Waals surface area contributed by atoms with E-state index in [0.717, 1.165) is 19.3 Å². The first-order valence-corrected chi connectivity index (χ1v) is 14.0. The largest absolute Gasteiger partial charge is 0.508 e. The standard InChI is InChI=1S/C32H46O5/c1-8-32(35,9-2)21(4)11-10-20(3)25-14-15-26-24-13-12-22-18-23(33)19-28(37-29(34)36-7)31(22,6)27(24)16-17-30(25,26)5/h8-13,20-21,23,25-28,33,35H,1-2,14-19H2,3-7H3/t20-,21-,23-,25-,26+,27+,28+,30-,31+/m1/s1. The van der Waals surface area contributed by atoms with Gasteiger partial charge in [-0.25, -0.2) is 4.79 Å². The predicted molar refractivity (Wildman–Crippen MR) is 147 cm³/mol. The first-order valence-electron chi connectivity index (χ1n) is 14.0. The molecule has 0 aliphatic heterocycles. The van der Waals surface area contributed by atoms with E-state index in [9.17, 15) is 15.0 Å². The lowest BCUT2D eigenvalue weighted by molar-refractivity contribution is -0.0760. The fraction of sp³-hybridized carbons (Fsp3) is 0.656. The van der Waals surface area contributed by atoms with Crippen molar-refractivity contribution < 1.29 is 24.5 Å². The molecule has 5 nitrogen and oxygen atoms in total. The molecule has 4 rings (SSSR count). The van der Waals surface area contributed by atoms with Crippen LogP contribution in [0.2, 0.25) is 0 Å². The SMILES string of the molecule is C=CC(O)(C=C)[C@H](C)C=C[C@@H](C)[C@H]1CC[C@H]2C3=CC=C4C[C@@H](O)C[C@H](OC(=O)OC)[C@]4(C)[C@H]3CC[C@]12C. The number of hydrogen-bond donors (Lipinski definition) is 2. The van der Waals surface area contributed by atoms with Crippen LogP contribution in [0, 0.1) is 40.4 Å². The summed E-state index contributed by atoms with van der Waals surface area (Å²) in [6, 6.07) is 0. The molecule has 0 aromatic heterocycles. The second kappa shape index (κ2) is 10.2. The molecule has 3 saturated carbocycles. The van der Waals surface area contributed by atoms with Gasteiger partial charge in [-0.15, -0.1) is 0 Å². The molecule has 2 N–H and O–H groups in total. The Morgan fingerprint density at radius 2 is 1.84 bits per heavy atom. The van der Waals surface area contributed by atoms with Gasteiger partial charge in [0.1, 0.15) is 11.7 Å². The number of rotatable bonds is 7. The smallest absolute Gasteiger partial charge is 0.438 e. The number of carbonyl (C=O) groups excluding carboxylic acids is 1. The molecule has 9 atom stereocenters. The van der Waals surface area contributed by atoms with Crippen LogP contribution in [0.15, 0.2) is 60.8 Å². The molecular weight excluding hydrogens is 464 g/mol. The monoisotopic (exact) mass is 510 g/mol. The first kappa shape index (κ1) is 27.9. The quantitative estimate of drug-likeness (QED) is 0.300. The minimum atomic E-state index is -1.10. The van der Waals surface area contributed by atoms with Gasteiger partial charge in [0.25, 0.3) is 0 Å². The van der Waals surface area contributed by atoms with E-state index < -0.39 is 24.0 Å². The number of hydrogen-bond acceptors (Lipinski definition) is 5. The molecule has 0 bridgehead atoms. The molecule has 4 aliphatic carbocycles. The first-order chi connectivity index (χ1) is 17.4. The van der Waals surface area contributed by atoms with Crippen molar-refractivity contribution in [3.8, 4) is 0 Å². The Morgan fingerprint density at radius 3 is 2.49 bits per heavy atom. The highest BCUT2D eigenvalue weighted by Gasteiger charge is 2.59. The van der Waals surface area contributed by atoms with E-state index in [1.165, 1.54) is 24.7 Å². The summed E-state index contributed by atoms with van der Waals surface area (Å²) >= 11 is 0. The summed E-state index contributed by atoms with van der Waals surface area (Å²) < 4.78 is 10.6. The van der Waals surface area contributed by atoms with Gasteiger partial charge in [0, 0.05) is 17.8 Å². The zero-order chi connectivity index (χ0) is 27.2. The topological polar surface area (TPSA) is 76.0 Å². The summed E-state index contributed by atoms with van der Waals surface area (Å²) in [6.45, 7) is 16.6. The molecule has 0 heterocycles. The maximum atomic E-state index is 12.1. The molecule has 5 heteroatoms. The van der Waals surface area contributed by atoms with E-state index in [-0.39, 0.29) is 16.7 Å². The molecule has 3 fully saturated rings. The molecule has 4 aliphatic rings. The third kappa shape index (κ3) is 4.57. The lowest BCUT2D eigenvalue weighted by atomic mass is 9.49. The number of methoxy groups -OCH3 is 1. The van der Waals surface area contributed by atoms with Crippen molar-refractivity contribution in [2.24, 2.45) is 40.4 Å². The molecule has 0 spiro atoms. The van der Waals surface area contributed by atoms with Gasteiger partial charge in [0.05, 0.1) is 13.2 Å². The Bertz CT molecular complexity index is 999. The Labute approximate surface area is 223 Å². The number of aliphatic hydroxyl groups is 2. The van der Waals surface area contributed by atoms with E-state index in [0.29, 0.717) is 36.5 Å². The Hall–Kier alpha value is -2.11. The normalized spacial score (nSPS) is 38.8. The van der Waals surface area contributed by atoms with Crippen molar-refractivity contribution >= 4 is 6.16 Å². The number of carbonyl (C=O) groups is 1. The van der Waals surface area contributed by atoms with E-state index >= 15 is 0 Å². The van der Waals surface area contributed by atoms with Crippen LogP contribution in [-0.2, 0) is 9.47 Å². The summed E-state index contributed by atoms with van der Waals surface area (Å²) in [6.07, 6.45) is 16.0. The highest BCUT2D eigenvalue weighted by Crippen LogP contribution is 2.66. The molecule has 0 amide bonds. The Morgan fingerprint density at radius 1 is 1.14 bits per heavy atom. The lowest BCUT2D eigenvalue weighted by Crippen LogP contribution is -2.53. The fourth-order valence-corrected chi connectivity index (χ4v) is 8.35. The molecule has 0 unspecified atom stereocenters. The van der Waals surface area contributed by atoms with Gasteiger partial charge in [0.15, 0.2) is 0 Å². The molecular formula is C32H46O5. The molecule has 0 aromatic rings.